The molecule has 0 bridgehead atoms. The smallest absolute Gasteiger partial charge is 0.291 e. The maximum Gasteiger partial charge on any atom is 0.291 e. The first kappa shape index (κ1) is 21.8. The maximum atomic E-state index is 12.8. The van der Waals surface area contributed by atoms with Gasteiger partial charge in [-0.15, -0.1) is 11.3 Å². The van der Waals surface area contributed by atoms with Crippen molar-refractivity contribution in [3.8, 4) is 0 Å². The standard InChI is InChI=1S/C25H31N3O2S/c1-4-20-17-21(25(31-20)26-24(29)22-7-6-16-30-22)23(19-10-8-18(3)9-11-19)28-14-12-27(5-2)13-15-28/h6-11,16-17,23H,4-5,12-15H2,1-3H3,(H,26,29). The van der Waals surface area contributed by atoms with E-state index in [-0.39, 0.29) is 11.9 Å². The highest BCUT2D eigenvalue weighted by Crippen LogP contribution is 2.40. The Kier molecular flexibility index (Phi) is 6.90. The summed E-state index contributed by atoms with van der Waals surface area (Å²) in [5, 5.41) is 4.06. The van der Waals surface area contributed by atoms with Crippen LogP contribution in [0, 0.1) is 6.92 Å². The molecule has 4 rings (SSSR count). The van der Waals surface area contributed by atoms with Gasteiger partial charge in [0.1, 0.15) is 5.00 Å². The Morgan fingerprint density at radius 3 is 2.48 bits per heavy atom. The largest absolute Gasteiger partial charge is 0.459 e. The lowest BCUT2D eigenvalue weighted by Crippen LogP contribution is -2.47. The second-order valence-electron chi connectivity index (χ2n) is 8.07. The van der Waals surface area contributed by atoms with E-state index in [9.17, 15) is 4.79 Å². The Morgan fingerprint density at radius 2 is 1.87 bits per heavy atom. The summed E-state index contributed by atoms with van der Waals surface area (Å²) >= 11 is 1.67. The van der Waals surface area contributed by atoms with Crippen LogP contribution in [0.3, 0.4) is 0 Å². The maximum absolute atomic E-state index is 12.8. The summed E-state index contributed by atoms with van der Waals surface area (Å²) in [5.41, 5.74) is 3.70. The summed E-state index contributed by atoms with van der Waals surface area (Å²) in [6.07, 6.45) is 2.47. The van der Waals surface area contributed by atoms with Crippen molar-refractivity contribution in [2.45, 2.75) is 33.2 Å². The summed E-state index contributed by atoms with van der Waals surface area (Å²) in [6.45, 7) is 11.7. The molecule has 1 aliphatic rings. The fourth-order valence-corrected chi connectivity index (χ4v) is 5.20. The van der Waals surface area contributed by atoms with Gasteiger partial charge in [-0.05, 0) is 43.7 Å². The Balaban J connectivity index is 1.71. The third-order valence-electron chi connectivity index (χ3n) is 6.04. The molecule has 1 aliphatic heterocycles. The number of nitrogens with zero attached hydrogens (tertiary/aromatic N) is 2. The molecule has 0 spiro atoms. The molecule has 164 valence electrons. The summed E-state index contributed by atoms with van der Waals surface area (Å²) in [7, 11) is 0. The van der Waals surface area contributed by atoms with Gasteiger partial charge >= 0.3 is 0 Å². The van der Waals surface area contributed by atoms with Crippen molar-refractivity contribution >= 4 is 22.2 Å². The van der Waals surface area contributed by atoms with Crippen molar-refractivity contribution in [3.05, 3.63) is 76.1 Å². The van der Waals surface area contributed by atoms with Gasteiger partial charge in [0.05, 0.1) is 12.3 Å². The second kappa shape index (κ2) is 9.81. The Labute approximate surface area is 188 Å². The zero-order valence-electron chi connectivity index (χ0n) is 18.6. The third-order valence-corrected chi connectivity index (χ3v) is 7.25. The van der Waals surface area contributed by atoms with Crippen molar-refractivity contribution < 1.29 is 9.21 Å². The zero-order chi connectivity index (χ0) is 21.8. The van der Waals surface area contributed by atoms with Gasteiger partial charge in [0.2, 0.25) is 0 Å². The SMILES string of the molecule is CCc1cc(C(c2ccc(C)cc2)N2CCN(CC)CC2)c(NC(=O)c2ccco2)s1. The van der Waals surface area contributed by atoms with E-state index >= 15 is 0 Å². The molecule has 1 saturated heterocycles. The van der Waals surface area contributed by atoms with Crippen molar-refractivity contribution in [2.75, 3.05) is 38.0 Å². The Bertz CT molecular complexity index is 986. The average Bonchev–Trinajstić information content (AvgIpc) is 3.46. The lowest BCUT2D eigenvalue weighted by Gasteiger charge is -2.39. The number of rotatable bonds is 7. The minimum atomic E-state index is -0.200. The number of hydrogen-bond donors (Lipinski definition) is 1. The number of thiophene rings is 1. The number of anilines is 1. The molecule has 5 nitrogen and oxygen atoms in total. The van der Waals surface area contributed by atoms with Gasteiger partial charge in [0.25, 0.3) is 5.91 Å². The van der Waals surface area contributed by atoms with Crippen molar-refractivity contribution in [3.63, 3.8) is 0 Å². The molecule has 0 aliphatic carbocycles. The van der Waals surface area contributed by atoms with Gasteiger partial charge in [-0.25, -0.2) is 0 Å². The first-order chi connectivity index (χ1) is 15.1. The number of aryl methyl sites for hydroxylation is 2. The Morgan fingerprint density at radius 1 is 1.13 bits per heavy atom. The predicted octanol–water partition coefficient (Wildman–Crippen LogP) is 5.19. The summed E-state index contributed by atoms with van der Waals surface area (Å²) in [4.78, 5) is 19.1. The highest BCUT2D eigenvalue weighted by atomic mass is 32.1. The lowest BCUT2D eigenvalue weighted by atomic mass is 9.96. The molecular weight excluding hydrogens is 406 g/mol. The predicted molar refractivity (Wildman–Crippen MR) is 127 cm³/mol. The molecule has 0 saturated carbocycles. The molecule has 2 aromatic heterocycles. The van der Waals surface area contributed by atoms with Crippen LogP contribution < -0.4 is 5.32 Å². The van der Waals surface area contributed by atoms with E-state index in [0.717, 1.165) is 44.1 Å². The van der Waals surface area contributed by atoms with Crippen LogP contribution in [0.15, 0.2) is 53.1 Å². The Hall–Kier alpha value is -2.41. The number of carbonyl (C=O) groups excluding carboxylic acids is 1. The molecule has 1 aromatic carbocycles. The number of benzene rings is 1. The van der Waals surface area contributed by atoms with E-state index in [1.807, 2.05) is 0 Å². The van der Waals surface area contributed by atoms with Crippen LogP contribution in [0.25, 0.3) is 0 Å². The minimum Gasteiger partial charge on any atom is -0.459 e. The molecule has 1 N–H and O–H groups in total. The van der Waals surface area contributed by atoms with Gasteiger partial charge < -0.3 is 14.6 Å². The molecule has 31 heavy (non-hydrogen) atoms. The van der Waals surface area contributed by atoms with Gasteiger partial charge in [0, 0.05) is 36.6 Å². The second-order valence-corrected chi connectivity index (χ2v) is 9.20. The number of furan rings is 1. The van der Waals surface area contributed by atoms with Crippen LogP contribution in [-0.2, 0) is 6.42 Å². The summed E-state index contributed by atoms with van der Waals surface area (Å²) in [5.74, 6) is 0.134. The highest BCUT2D eigenvalue weighted by molar-refractivity contribution is 7.16. The van der Waals surface area contributed by atoms with E-state index in [4.69, 9.17) is 4.42 Å². The van der Waals surface area contributed by atoms with E-state index < -0.39 is 0 Å². The van der Waals surface area contributed by atoms with Gasteiger partial charge in [-0.2, -0.15) is 0 Å². The number of carbonyl (C=O) groups is 1. The average molecular weight is 438 g/mol. The molecule has 1 unspecified atom stereocenters. The zero-order valence-corrected chi connectivity index (χ0v) is 19.4. The molecular formula is C25H31N3O2S. The summed E-state index contributed by atoms with van der Waals surface area (Å²) in [6, 6.07) is 14.6. The number of amides is 1. The molecule has 3 aromatic rings. The first-order valence-electron chi connectivity index (χ1n) is 11.1. The molecule has 1 atom stereocenters. The van der Waals surface area contributed by atoms with Gasteiger partial charge in [-0.3, -0.25) is 9.69 Å². The van der Waals surface area contributed by atoms with E-state index in [1.165, 1.54) is 27.8 Å². The van der Waals surface area contributed by atoms with Crippen LogP contribution in [-0.4, -0.2) is 48.4 Å². The van der Waals surface area contributed by atoms with Crippen LogP contribution in [0.2, 0.25) is 0 Å². The normalized spacial score (nSPS) is 16.4. The van der Waals surface area contributed by atoms with Crippen LogP contribution in [0.5, 0.6) is 0 Å². The third kappa shape index (κ3) is 4.92. The van der Waals surface area contributed by atoms with Crippen LogP contribution in [0.4, 0.5) is 5.00 Å². The monoisotopic (exact) mass is 437 g/mol. The number of nitrogens with one attached hydrogen (secondary N) is 1. The van der Waals surface area contributed by atoms with Crippen molar-refractivity contribution in [1.29, 1.82) is 0 Å². The highest BCUT2D eigenvalue weighted by Gasteiger charge is 2.30. The van der Waals surface area contributed by atoms with E-state index in [0.29, 0.717) is 5.76 Å². The van der Waals surface area contributed by atoms with Gasteiger partial charge in [0.15, 0.2) is 5.76 Å². The number of piperazine rings is 1. The van der Waals surface area contributed by atoms with Crippen molar-refractivity contribution in [1.82, 2.24) is 9.80 Å². The molecule has 6 heteroatoms. The van der Waals surface area contributed by atoms with Crippen LogP contribution >= 0.6 is 11.3 Å². The van der Waals surface area contributed by atoms with Gasteiger partial charge in [-0.1, -0.05) is 43.7 Å². The lowest BCUT2D eigenvalue weighted by molar-refractivity contribution is 0.0995. The molecule has 1 fully saturated rings. The summed E-state index contributed by atoms with van der Waals surface area (Å²) < 4.78 is 5.32. The van der Waals surface area contributed by atoms with E-state index in [2.05, 4.69) is 66.2 Å². The molecule has 0 radical (unpaired) electrons. The fraction of sp³-hybridized carbons (Fsp3) is 0.400. The number of hydrogen-bond acceptors (Lipinski definition) is 5. The first-order valence-corrected chi connectivity index (χ1v) is 11.9. The quantitative estimate of drug-likeness (QED) is 0.553. The molecule has 1 amide bonds. The van der Waals surface area contributed by atoms with E-state index in [1.54, 1.807) is 23.5 Å². The van der Waals surface area contributed by atoms with Crippen LogP contribution in [0.1, 0.15) is 52.0 Å². The number of likely N-dealkylation sites (N-methyl/N-ethyl adjacent to an activating group) is 1. The fourth-order valence-electron chi connectivity index (χ4n) is 4.18. The molecule has 3 heterocycles. The topological polar surface area (TPSA) is 48.7 Å². The minimum absolute atomic E-state index is 0.114. The van der Waals surface area contributed by atoms with Crippen molar-refractivity contribution in [2.24, 2.45) is 0 Å².